The highest BCUT2D eigenvalue weighted by molar-refractivity contribution is 5.87. The smallest absolute Gasteiger partial charge is 0.335 e. The second-order valence-electron chi connectivity index (χ2n) is 4.56. The number of carboxylic acid groups (broad SMARTS) is 1. The van der Waals surface area contributed by atoms with Crippen molar-refractivity contribution in [1.82, 2.24) is 4.90 Å². The lowest BCUT2D eigenvalue weighted by Gasteiger charge is -2.26. The normalized spacial score (nSPS) is 12.4. The summed E-state index contributed by atoms with van der Waals surface area (Å²) in [6, 6.07) is 7.07. The number of benzene rings is 1. The average Bonchev–Trinajstić information content (AvgIpc) is 2.43. The van der Waals surface area contributed by atoms with Crippen LogP contribution >= 0.6 is 0 Å². The lowest BCUT2D eigenvalue weighted by atomic mass is 10.2. The summed E-state index contributed by atoms with van der Waals surface area (Å²) in [5, 5.41) is 8.80. The van der Waals surface area contributed by atoms with Crippen molar-refractivity contribution in [3.63, 3.8) is 0 Å². The minimum Gasteiger partial charge on any atom is -0.492 e. The average molecular weight is 265 g/mol. The molecule has 0 aliphatic carbocycles. The molecule has 1 atom stereocenters. The molecule has 0 aromatic heterocycles. The number of aromatic carboxylic acids is 1. The van der Waals surface area contributed by atoms with Gasteiger partial charge in [0.2, 0.25) is 0 Å². The molecule has 19 heavy (non-hydrogen) atoms. The SMILES string of the molecule is CCC(C)N(CC)CCOc1ccc(C(=O)O)cc1. The standard InChI is InChI=1S/C15H23NO3/c1-4-12(3)16(5-2)10-11-19-14-8-6-13(7-9-14)15(17)18/h6-9,12H,4-5,10-11H2,1-3H3,(H,17,18). The maximum absolute atomic E-state index is 10.7. The van der Waals surface area contributed by atoms with Gasteiger partial charge >= 0.3 is 5.97 Å². The highest BCUT2D eigenvalue weighted by Crippen LogP contribution is 2.12. The number of nitrogens with zero attached hydrogens (tertiary/aromatic N) is 1. The van der Waals surface area contributed by atoms with Crippen LogP contribution in [0.1, 0.15) is 37.6 Å². The first-order chi connectivity index (χ1) is 9.08. The first-order valence-corrected chi connectivity index (χ1v) is 6.78. The van der Waals surface area contributed by atoms with Crippen LogP contribution in [-0.2, 0) is 0 Å². The highest BCUT2D eigenvalue weighted by atomic mass is 16.5. The Morgan fingerprint density at radius 2 is 1.95 bits per heavy atom. The summed E-state index contributed by atoms with van der Waals surface area (Å²) in [4.78, 5) is 13.1. The predicted octanol–water partition coefficient (Wildman–Crippen LogP) is 2.88. The largest absolute Gasteiger partial charge is 0.492 e. The van der Waals surface area contributed by atoms with Gasteiger partial charge in [-0.2, -0.15) is 0 Å². The van der Waals surface area contributed by atoms with Gasteiger partial charge in [0.1, 0.15) is 12.4 Å². The van der Waals surface area contributed by atoms with Gasteiger partial charge in [0.25, 0.3) is 0 Å². The van der Waals surface area contributed by atoms with Gasteiger partial charge in [0, 0.05) is 12.6 Å². The summed E-state index contributed by atoms with van der Waals surface area (Å²) < 4.78 is 5.63. The van der Waals surface area contributed by atoms with E-state index in [1.807, 2.05) is 0 Å². The van der Waals surface area contributed by atoms with E-state index in [0.717, 1.165) is 19.5 Å². The van der Waals surface area contributed by atoms with Crippen molar-refractivity contribution in [2.24, 2.45) is 0 Å². The lowest BCUT2D eigenvalue weighted by molar-refractivity contribution is 0.0697. The number of carbonyl (C=O) groups is 1. The fraction of sp³-hybridized carbons (Fsp3) is 0.533. The zero-order valence-corrected chi connectivity index (χ0v) is 11.9. The zero-order chi connectivity index (χ0) is 14.3. The summed E-state index contributed by atoms with van der Waals surface area (Å²) in [5.74, 6) is -0.203. The predicted molar refractivity (Wildman–Crippen MR) is 75.9 cm³/mol. The van der Waals surface area contributed by atoms with Crippen LogP contribution in [0.2, 0.25) is 0 Å². The summed E-state index contributed by atoms with van der Waals surface area (Å²) in [5.41, 5.74) is 0.280. The molecular weight excluding hydrogens is 242 g/mol. The Morgan fingerprint density at radius 3 is 2.42 bits per heavy atom. The van der Waals surface area contributed by atoms with Gasteiger partial charge in [-0.15, -0.1) is 0 Å². The van der Waals surface area contributed by atoms with E-state index >= 15 is 0 Å². The molecule has 1 N–H and O–H groups in total. The fourth-order valence-electron chi connectivity index (χ4n) is 1.92. The summed E-state index contributed by atoms with van der Waals surface area (Å²) >= 11 is 0. The Bertz CT molecular complexity index is 389. The molecule has 0 aliphatic heterocycles. The highest BCUT2D eigenvalue weighted by Gasteiger charge is 2.09. The molecule has 1 aromatic rings. The zero-order valence-electron chi connectivity index (χ0n) is 11.9. The molecule has 0 saturated heterocycles. The van der Waals surface area contributed by atoms with Crippen molar-refractivity contribution in [3.05, 3.63) is 29.8 Å². The number of likely N-dealkylation sites (N-methyl/N-ethyl adjacent to an activating group) is 1. The molecule has 0 bridgehead atoms. The molecule has 0 spiro atoms. The number of hydrogen-bond acceptors (Lipinski definition) is 3. The van der Waals surface area contributed by atoms with E-state index in [4.69, 9.17) is 9.84 Å². The second-order valence-corrected chi connectivity index (χ2v) is 4.56. The molecule has 1 unspecified atom stereocenters. The Hall–Kier alpha value is -1.55. The van der Waals surface area contributed by atoms with Crippen LogP contribution in [0.4, 0.5) is 0 Å². The van der Waals surface area contributed by atoms with Crippen LogP contribution < -0.4 is 4.74 Å². The summed E-state index contributed by atoms with van der Waals surface area (Å²) in [6.07, 6.45) is 1.13. The quantitative estimate of drug-likeness (QED) is 0.785. The van der Waals surface area contributed by atoms with Crippen LogP contribution in [0.5, 0.6) is 5.75 Å². The van der Waals surface area contributed by atoms with Gasteiger partial charge in [0.05, 0.1) is 5.56 Å². The minimum absolute atomic E-state index is 0.280. The van der Waals surface area contributed by atoms with Crippen molar-refractivity contribution in [2.45, 2.75) is 33.2 Å². The molecule has 0 amide bonds. The number of ether oxygens (including phenoxy) is 1. The van der Waals surface area contributed by atoms with E-state index in [-0.39, 0.29) is 5.56 Å². The van der Waals surface area contributed by atoms with Gasteiger partial charge in [-0.3, -0.25) is 4.90 Å². The summed E-state index contributed by atoms with van der Waals surface area (Å²) in [6.45, 7) is 9.05. The van der Waals surface area contributed by atoms with Gasteiger partial charge in [-0.25, -0.2) is 4.79 Å². The van der Waals surface area contributed by atoms with Crippen LogP contribution in [-0.4, -0.2) is 41.7 Å². The molecular formula is C15H23NO3. The van der Waals surface area contributed by atoms with Gasteiger partial charge < -0.3 is 9.84 Å². The maximum Gasteiger partial charge on any atom is 0.335 e. The molecule has 4 nitrogen and oxygen atoms in total. The number of hydrogen-bond donors (Lipinski definition) is 1. The van der Waals surface area contributed by atoms with Crippen molar-refractivity contribution in [2.75, 3.05) is 19.7 Å². The molecule has 0 radical (unpaired) electrons. The third-order valence-corrected chi connectivity index (χ3v) is 3.37. The van der Waals surface area contributed by atoms with E-state index in [1.54, 1.807) is 24.3 Å². The third-order valence-electron chi connectivity index (χ3n) is 3.37. The third kappa shape index (κ3) is 4.91. The molecule has 0 fully saturated rings. The molecule has 106 valence electrons. The number of carboxylic acids is 1. The van der Waals surface area contributed by atoms with Gasteiger partial charge in [0.15, 0.2) is 0 Å². The Kier molecular flexibility index (Phi) is 6.36. The van der Waals surface area contributed by atoms with E-state index in [9.17, 15) is 4.79 Å². The van der Waals surface area contributed by atoms with E-state index in [0.29, 0.717) is 18.4 Å². The van der Waals surface area contributed by atoms with Crippen molar-refractivity contribution in [3.8, 4) is 5.75 Å². The lowest BCUT2D eigenvalue weighted by Crippen LogP contribution is -2.35. The van der Waals surface area contributed by atoms with Gasteiger partial charge in [-0.05, 0) is 44.2 Å². The number of rotatable bonds is 8. The molecule has 0 saturated carbocycles. The van der Waals surface area contributed by atoms with Crippen LogP contribution in [0.25, 0.3) is 0 Å². The fourth-order valence-corrected chi connectivity index (χ4v) is 1.92. The van der Waals surface area contributed by atoms with E-state index in [1.165, 1.54) is 0 Å². The minimum atomic E-state index is -0.916. The molecule has 0 aliphatic rings. The van der Waals surface area contributed by atoms with Crippen molar-refractivity contribution < 1.29 is 14.6 Å². The Morgan fingerprint density at radius 1 is 1.32 bits per heavy atom. The monoisotopic (exact) mass is 265 g/mol. The van der Waals surface area contributed by atoms with Crippen LogP contribution in [0.15, 0.2) is 24.3 Å². The molecule has 4 heteroatoms. The van der Waals surface area contributed by atoms with Crippen molar-refractivity contribution >= 4 is 5.97 Å². The van der Waals surface area contributed by atoms with E-state index in [2.05, 4.69) is 25.7 Å². The van der Waals surface area contributed by atoms with Crippen LogP contribution in [0.3, 0.4) is 0 Å². The first kappa shape index (κ1) is 15.5. The Balaban J connectivity index is 2.42. The van der Waals surface area contributed by atoms with E-state index < -0.39 is 5.97 Å². The Labute approximate surface area is 115 Å². The van der Waals surface area contributed by atoms with Gasteiger partial charge in [-0.1, -0.05) is 13.8 Å². The molecule has 1 aromatic carbocycles. The maximum atomic E-state index is 10.7. The van der Waals surface area contributed by atoms with Crippen LogP contribution in [0, 0.1) is 0 Å². The molecule has 0 heterocycles. The van der Waals surface area contributed by atoms with Crippen molar-refractivity contribution in [1.29, 1.82) is 0 Å². The first-order valence-electron chi connectivity index (χ1n) is 6.78. The topological polar surface area (TPSA) is 49.8 Å². The summed E-state index contributed by atoms with van der Waals surface area (Å²) in [7, 11) is 0. The second kappa shape index (κ2) is 7.79. The molecule has 1 rings (SSSR count).